The Hall–Kier alpha value is -3.35. The van der Waals surface area contributed by atoms with Crippen LogP contribution in [-0.2, 0) is 17.6 Å². The maximum absolute atomic E-state index is 12.5. The summed E-state index contributed by atoms with van der Waals surface area (Å²) in [6, 6.07) is 4.57. The molecule has 0 spiro atoms. The molecule has 7 heteroatoms. The number of benzene rings is 1. The smallest absolute Gasteiger partial charge is 0.335 e. The molecule has 0 radical (unpaired) electrons. The van der Waals surface area contributed by atoms with E-state index in [1.165, 1.54) is 12.1 Å². The van der Waals surface area contributed by atoms with Gasteiger partial charge in [0.05, 0.1) is 11.1 Å². The van der Waals surface area contributed by atoms with Crippen molar-refractivity contribution in [3.05, 3.63) is 51.8 Å². The van der Waals surface area contributed by atoms with Gasteiger partial charge in [-0.3, -0.25) is 9.59 Å². The van der Waals surface area contributed by atoms with E-state index in [9.17, 15) is 19.5 Å². The lowest BCUT2D eigenvalue weighted by Crippen LogP contribution is -2.24. The Labute approximate surface area is 161 Å². The Kier molecular flexibility index (Phi) is 4.50. The van der Waals surface area contributed by atoms with Crippen molar-refractivity contribution in [3.63, 3.8) is 0 Å². The molecular formula is C21H21N3O4. The first kappa shape index (κ1) is 18.0. The molecule has 1 aliphatic heterocycles. The van der Waals surface area contributed by atoms with Gasteiger partial charge in [-0.25, -0.2) is 4.79 Å². The van der Waals surface area contributed by atoms with Crippen molar-refractivity contribution in [3.8, 4) is 0 Å². The number of carboxylic acid groups (broad SMARTS) is 1. The van der Waals surface area contributed by atoms with Gasteiger partial charge in [-0.05, 0) is 68.0 Å². The van der Waals surface area contributed by atoms with E-state index >= 15 is 0 Å². The van der Waals surface area contributed by atoms with Gasteiger partial charge in [0, 0.05) is 23.5 Å². The summed E-state index contributed by atoms with van der Waals surface area (Å²) in [5, 5.41) is 14.9. The molecule has 0 unspecified atom stereocenters. The normalized spacial score (nSPS) is 16.5. The summed E-state index contributed by atoms with van der Waals surface area (Å²) in [6.07, 6.45) is 5.46. The van der Waals surface area contributed by atoms with Crippen molar-refractivity contribution in [1.29, 1.82) is 0 Å². The van der Waals surface area contributed by atoms with Crippen LogP contribution in [0.4, 0.5) is 5.69 Å². The van der Waals surface area contributed by atoms with Crippen LogP contribution in [0.15, 0.2) is 18.2 Å². The Morgan fingerprint density at radius 1 is 1.21 bits per heavy atom. The van der Waals surface area contributed by atoms with E-state index < -0.39 is 5.97 Å². The summed E-state index contributed by atoms with van der Waals surface area (Å²) < 4.78 is 0. The first-order valence-corrected chi connectivity index (χ1v) is 9.42. The number of rotatable bonds is 4. The number of aromatic amines is 1. The highest BCUT2D eigenvalue weighted by Crippen LogP contribution is 2.36. The minimum absolute atomic E-state index is 0.123. The van der Waals surface area contributed by atoms with Crippen molar-refractivity contribution < 1.29 is 19.5 Å². The van der Waals surface area contributed by atoms with Gasteiger partial charge >= 0.3 is 5.97 Å². The van der Waals surface area contributed by atoms with Crippen LogP contribution in [0.5, 0.6) is 0 Å². The Balaban J connectivity index is 1.82. The standard InChI is InChI=1S/C21H21N3O4/c1-2-22-20(26)18-13-6-4-3-5-12(13)17(23-18)10-15-14-9-11(21(27)28)7-8-16(14)24-19(15)25/h7-10,23H,2-6H2,1H3,(H,22,26)(H,24,25)(H,27,28). The molecule has 2 heterocycles. The number of hydrogen-bond donors (Lipinski definition) is 4. The number of aromatic nitrogens is 1. The maximum atomic E-state index is 12.5. The van der Waals surface area contributed by atoms with Crippen LogP contribution in [-0.4, -0.2) is 34.4 Å². The quantitative estimate of drug-likeness (QED) is 0.612. The molecule has 4 N–H and O–H groups in total. The van der Waals surface area contributed by atoms with Crippen LogP contribution in [0.2, 0.25) is 0 Å². The lowest BCUT2D eigenvalue weighted by molar-refractivity contribution is -0.110. The van der Waals surface area contributed by atoms with E-state index in [1.807, 2.05) is 6.92 Å². The number of H-pyrrole nitrogens is 1. The topological polar surface area (TPSA) is 111 Å². The van der Waals surface area contributed by atoms with Gasteiger partial charge in [0.25, 0.3) is 11.8 Å². The molecule has 2 aromatic rings. The molecule has 2 aliphatic rings. The minimum Gasteiger partial charge on any atom is -0.478 e. The molecule has 1 aliphatic carbocycles. The van der Waals surface area contributed by atoms with Crippen LogP contribution in [0.1, 0.15) is 63.0 Å². The van der Waals surface area contributed by atoms with Gasteiger partial charge in [0.2, 0.25) is 0 Å². The van der Waals surface area contributed by atoms with Crippen LogP contribution < -0.4 is 10.6 Å². The monoisotopic (exact) mass is 379 g/mol. The van der Waals surface area contributed by atoms with Crippen LogP contribution in [0, 0.1) is 0 Å². The fourth-order valence-corrected chi connectivity index (χ4v) is 3.94. The Morgan fingerprint density at radius 3 is 2.68 bits per heavy atom. The fourth-order valence-electron chi connectivity index (χ4n) is 3.94. The zero-order chi connectivity index (χ0) is 19.8. The largest absolute Gasteiger partial charge is 0.478 e. The van der Waals surface area contributed by atoms with Crippen molar-refractivity contribution in [1.82, 2.24) is 10.3 Å². The molecule has 4 rings (SSSR count). The maximum Gasteiger partial charge on any atom is 0.335 e. The minimum atomic E-state index is -1.04. The highest BCUT2D eigenvalue weighted by Gasteiger charge is 2.28. The number of anilines is 1. The molecular weight excluding hydrogens is 358 g/mol. The van der Waals surface area contributed by atoms with Crippen molar-refractivity contribution in [2.24, 2.45) is 0 Å². The zero-order valence-electron chi connectivity index (χ0n) is 15.5. The number of amides is 2. The number of carboxylic acids is 1. The third-order valence-corrected chi connectivity index (χ3v) is 5.26. The van der Waals surface area contributed by atoms with Gasteiger partial charge in [0.1, 0.15) is 5.69 Å². The van der Waals surface area contributed by atoms with Crippen molar-refractivity contribution >= 4 is 35.1 Å². The highest BCUT2D eigenvalue weighted by atomic mass is 16.4. The lowest BCUT2D eigenvalue weighted by Gasteiger charge is -2.13. The molecule has 0 atom stereocenters. The van der Waals surface area contributed by atoms with Crippen LogP contribution in [0.25, 0.3) is 11.6 Å². The van der Waals surface area contributed by atoms with E-state index in [-0.39, 0.29) is 17.4 Å². The van der Waals surface area contributed by atoms with Crippen molar-refractivity contribution in [2.45, 2.75) is 32.6 Å². The molecule has 1 aromatic heterocycles. The number of carbonyl (C=O) groups excluding carboxylic acids is 2. The van der Waals surface area contributed by atoms with Gasteiger partial charge in [-0.2, -0.15) is 0 Å². The third-order valence-electron chi connectivity index (χ3n) is 5.26. The Bertz CT molecular complexity index is 1030. The van der Waals surface area contributed by atoms with Crippen LogP contribution in [0.3, 0.4) is 0 Å². The second-order valence-electron chi connectivity index (χ2n) is 7.01. The average Bonchev–Trinajstić information content (AvgIpc) is 3.20. The molecule has 0 fully saturated rings. The highest BCUT2D eigenvalue weighted by molar-refractivity contribution is 6.35. The molecule has 144 valence electrons. The second kappa shape index (κ2) is 6.99. The predicted octanol–water partition coefficient (Wildman–Crippen LogP) is 2.83. The van der Waals surface area contributed by atoms with Crippen LogP contribution >= 0.6 is 0 Å². The van der Waals surface area contributed by atoms with Gasteiger partial charge in [-0.1, -0.05) is 0 Å². The van der Waals surface area contributed by atoms with E-state index in [1.54, 1.807) is 12.1 Å². The second-order valence-corrected chi connectivity index (χ2v) is 7.01. The van der Waals surface area contributed by atoms with E-state index in [4.69, 9.17) is 0 Å². The van der Waals surface area contributed by atoms with E-state index in [0.29, 0.717) is 29.1 Å². The summed E-state index contributed by atoms with van der Waals surface area (Å²) in [7, 11) is 0. The van der Waals surface area contributed by atoms with E-state index in [0.717, 1.165) is 42.5 Å². The van der Waals surface area contributed by atoms with Gasteiger partial charge in [0.15, 0.2) is 0 Å². The molecule has 7 nitrogen and oxygen atoms in total. The number of fused-ring (bicyclic) bond motifs is 2. The van der Waals surface area contributed by atoms with Gasteiger partial charge < -0.3 is 20.7 Å². The summed E-state index contributed by atoms with van der Waals surface area (Å²) in [5.74, 6) is -1.47. The number of aromatic carboxylic acids is 1. The average molecular weight is 379 g/mol. The molecule has 2 amide bonds. The summed E-state index contributed by atoms with van der Waals surface area (Å²) >= 11 is 0. The molecule has 0 bridgehead atoms. The third kappa shape index (κ3) is 2.98. The first-order valence-electron chi connectivity index (χ1n) is 9.42. The molecule has 0 saturated heterocycles. The molecule has 1 aromatic carbocycles. The summed E-state index contributed by atoms with van der Waals surface area (Å²) in [4.78, 5) is 39.5. The molecule has 28 heavy (non-hydrogen) atoms. The summed E-state index contributed by atoms with van der Waals surface area (Å²) in [6.45, 7) is 2.41. The lowest BCUT2D eigenvalue weighted by atomic mass is 9.91. The first-order chi connectivity index (χ1) is 13.5. The summed E-state index contributed by atoms with van der Waals surface area (Å²) in [5.41, 5.74) is 5.05. The zero-order valence-corrected chi connectivity index (χ0v) is 15.5. The van der Waals surface area contributed by atoms with Gasteiger partial charge in [-0.15, -0.1) is 0 Å². The van der Waals surface area contributed by atoms with E-state index in [2.05, 4.69) is 15.6 Å². The predicted molar refractivity (Wildman–Crippen MR) is 105 cm³/mol. The number of carbonyl (C=O) groups is 3. The SMILES string of the molecule is CCNC(=O)c1[nH]c(C=C2C(=O)Nc3ccc(C(=O)O)cc32)c2c1CCCC2. The Morgan fingerprint density at radius 2 is 1.96 bits per heavy atom. The fraction of sp³-hybridized carbons (Fsp3) is 0.286. The molecule has 0 saturated carbocycles. The number of hydrogen-bond acceptors (Lipinski definition) is 3. The number of nitrogens with one attached hydrogen (secondary N) is 3. The van der Waals surface area contributed by atoms with Crippen molar-refractivity contribution in [2.75, 3.05) is 11.9 Å².